The Bertz CT molecular complexity index is 632. The molecule has 1 amide bonds. The SMILES string of the molecule is COC(=O)c1c(NC(C)=O)ccc2c1OC(C)(C(C)(C)C)O2. The van der Waals surface area contributed by atoms with Crippen LogP contribution >= 0.6 is 0 Å². The Morgan fingerprint density at radius 3 is 2.36 bits per heavy atom. The van der Waals surface area contributed by atoms with E-state index < -0.39 is 11.8 Å². The topological polar surface area (TPSA) is 73.9 Å². The summed E-state index contributed by atoms with van der Waals surface area (Å²) in [5.41, 5.74) is 0.163. The van der Waals surface area contributed by atoms with Crippen LogP contribution in [0.25, 0.3) is 0 Å². The molecule has 120 valence electrons. The molecule has 1 aliphatic rings. The van der Waals surface area contributed by atoms with Gasteiger partial charge in [0, 0.05) is 19.3 Å². The summed E-state index contributed by atoms with van der Waals surface area (Å²) in [7, 11) is 1.28. The van der Waals surface area contributed by atoms with Gasteiger partial charge in [0.2, 0.25) is 5.91 Å². The quantitative estimate of drug-likeness (QED) is 0.850. The molecular weight excluding hydrogens is 286 g/mol. The molecular formula is C16H21NO5. The van der Waals surface area contributed by atoms with Crippen molar-refractivity contribution in [3.05, 3.63) is 17.7 Å². The van der Waals surface area contributed by atoms with E-state index >= 15 is 0 Å². The zero-order chi connectivity index (χ0) is 16.7. The molecule has 1 aliphatic heterocycles. The Hall–Kier alpha value is -2.24. The predicted molar refractivity (Wildman–Crippen MR) is 81.2 cm³/mol. The summed E-state index contributed by atoms with van der Waals surface area (Å²) >= 11 is 0. The van der Waals surface area contributed by atoms with Crippen molar-refractivity contribution in [2.75, 3.05) is 12.4 Å². The minimum Gasteiger partial charge on any atom is -0.465 e. The monoisotopic (exact) mass is 307 g/mol. The first-order valence-corrected chi connectivity index (χ1v) is 7.00. The number of hydrogen-bond acceptors (Lipinski definition) is 5. The van der Waals surface area contributed by atoms with Crippen molar-refractivity contribution in [1.29, 1.82) is 0 Å². The highest BCUT2D eigenvalue weighted by molar-refractivity contribution is 6.03. The molecule has 1 aromatic rings. The summed E-state index contributed by atoms with van der Waals surface area (Å²) in [6.45, 7) is 9.11. The van der Waals surface area contributed by atoms with E-state index in [2.05, 4.69) is 5.32 Å². The third-order valence-corrected chi connectivity index (χ3v) is 3.79. The molecule has 0 spiro atoms. The molecule has 22 heavy (non-hydrogen) atoms. The Kier molecular flexibility index (Phi) is 3.81. The summed E-state index contributed by atoms with van der Waals surface area (Å²) in [4.78, 5) is 23.5. The molecule has 2 rings (SSSR count). The Morgan fingerprint density at radius 1 is 1.23 bits per heavy atom. The Labute approximate surface area is 129 Å². The molecule has 0 saturated carbocycles. The van der Waals surface area contributed by atoms with Crippen molar-refractivity contribution in [2.24, 2.45) is 5.41 Å². The van der Waals surface area contributed by atoms with E-state index in [1.54, 1.807) is 12.1 Å². The van der Waals surface area contributed by atoms with E-state index in [1.807, 2.05) is 27.7 Å². The number of hydrogen-bond donors (Lipinski definition) is 1. The van der Waals surface area contributed by atoms with Gasteiger partial charge < -0.3 is 19.5 Å². The number of amides is 1. The van der Waals surface area contributed by atoms with Crippen LogP contribution in [0, 0.1) is 5.41 Å². The first-order chi connectivity index (χ1) is 10.1. The van der Waals surface area contributed by atoms with Gasteiger partial charge in [0.15, 0.2) is 11.5 Å². The number of esters is 1. The summed E-state index contributed by atoms with van der Waals surface area (Å²) in [5.74, 6) is -1.07. The third kappa shape index (κ3) is 2.61. The molecule has 6 heteroatoms. The van der Waals surface area contributed by atoms with E-state index in [1.165, 1.54) is 14.0 Å². The molecule has 1 aromatic carbocycles. The van der Waals surface area contributed by atoms with E-state index in [9.17, 15) is 9.59 Å². The van der Waals surface area contributed by atoms with Crippen LogP contribution in [0.15, 0.2) is 12.1 Å². The second kappa shape index (κ2) is 5.19. The lowest BCUT2D eigenvalue weighted by atomic mass is 9.87. The lowest BCUT2D eigenvalue weighted by Gasteiger charge is -2.35. The highest BCUT2D eigenvalue weighted by atomic mass is 16.7. The Balaban J connectivity index is 2.56. The molecule has 0 aliphatic carbocycles. The average molecular weight is 307 g/mol. The van der Waals surface area contributed by atoms with Gasteiger partial charge in [0.05, 0.1) is 12.8 Å². The van der Waals surface area contributed by atoms with Gasteiger partial charge in [-0.2, -0.15) is 0 Å². The summed E-state index contributed by atoms with van der Waals surface area (Å²) < 4.78 is 16.7. The van der Waals surface area contributed by atoms with E-state index in [-0.39, 0.29) is 22.6 Å². The third-order valence-electron chi connectivity index (χ3n) is 3.79. The van der Waals surface area contributed by atoms with Gasteiger partial charge in [-0.3, -0.25) is 4.79 Å². The highest BCUT2D eigenvalue weighted by Crippen LogP contribution is 2.50. The maximum absolute atomic E-state index is 12.1. The zero-order valence-corrected chi connectivity index (χ0v) is 13.7. The first kappa shape index (κ1) is 16.1. The average Bonchev–Trinajstić information content (AvgIpc) is 2.74. The second-order valence-corrected chi connectivity index (χ2v) is 6.39. The number of rotatable bonds is 2. The van der Waals surface area contributed by atoms with Crippen molar-refractivity contribution in [3.63, 3.8) is 0 Å². The Morgan fingerprint density at radius 2 is 1.86 bits per heavy atom. The normalized spacial score (nSPS) is 19.7. The number of anilines is 1. The van der Waals surface area contributed by atoms with Crippen LogP contribution in [0.1, 0.15) is 45.0 Å². The standard InChI is InChI=1S/C16H21NO5/c1-9(18)17-10-7-8-11-13(12(10)14(19)20-6)22-16(5,21-11)15(2,3)4/h7-8H,1-6H3,(H,17,18). The molecule has 6 nitrogen and oxygen atoms in total. The molecule has 1 N–H and O–H groups in total. The van der Waals surface area contributed by atoms with Crippen molar-refractivity contribution >= 4 is 17.6 Å². The molecule has 0 bridgehead atoms. The minimum atomic E-state index is -0.924. The van der Waals surface area contributed by atoms with Crippen molar-refractivity contribution < 1.29 is 23.8 Å². The molecule has 0 saturated heterocycles. The fourth-order valence-electron chi connectivity index (χ4n) is 2.08. The number of carbonyl (C=O) groups is 2. The van der Waals surface area contributed by atoms with E-state index in [4.69, 9.17) is 14.2 Å². The second-order valence-electron chi connectivity index (χ2n) is 6.39. The molecule has 1 heterocycles. The smallest absolute Gasteiger partial charge is 0.343 e. The summed E-state index contributed by atoms with van der Waals surface area (Å²) in [6, 6.07) is 3.27. The van der Waals surface area contributed by atoms with Gasteiger partial charge >= 0.3 is 5.97 Å². The lowest BCUT2D eigenvalue weighted by Crippen LogP contribution is -2.47. The molecule has 1 unspecified atom stereocenters. The largest absolute Gasteiger partial charge is 0.465 e. The predicted octanol–water partition coefficient (Wildman–Crippen LogP) is 2.97. The number of carbonyl (C=O) groups excluding carboxylic acids is 2. The van der Waals surface area contributed by atoms with E-state index in [0.717, 1.165) is 0 Å². The summed E-state index contributed by atoms with van der Waals surface area (Å²) in [5, 5.41) is 2.61. The number of fused-ring (bicyclic) bond motifs is 1. The van der Waals surface area contributed by atoms with Crippen LogP contribution in [0.5, 0.6) is 11.5 Å². The number of nitrogens with one attached hydrogen (secondary N) is 1. The molecule has 1 atom stereocenters. The van der Waals surface area contributed by atoms with Crippen LogP contribution in [-0.4, -0.2) is 24.8 Å². The van der Waals surface area contributed by atoms with Crippen LogP contribution in [0.4, 0.5) is 5.69 Å². The van der Waals surface area contributed by atoms with Gasteiger partial charge in [0.1, 0.15) is 5.56 Å². The minimum absolute atomic E-state index is 0.156. The maximum Gasteiger partial charge on any atom is 0.343 e. The van der Waals surface area contributed by atoms with Crippen LogP contribution in [0.3, 0.4) is 0 Å². The zero-order valence-electron chi connectivity index (χ0n) is 13.7. The van der Waals surface area contributed by atoms with Crippen LogP contribution in [-0.2, 0) is 9.53 Å². The number of ether oxygens (including phenoxy) is 3. The van der Waals surface area contributed by atoms with Crippen molar-refractivity contribution in [1.82, 2.24) is 0 Å². The number of benzene rings is 1. The van der Waals surface area contributed by atoms with Crippen molar-refractivity contribution in [2.45, 2.75) is 40.4 Å². The van der Waals surface area contributed by atoms with Gasteiger partial charge in [-0.05, 0) is 12.1 Å². The summed E-state index contributed by atoms with van der Waals surface area (Å²) in [6.07, 6.45) is 0. The molecule has 0 radical (unpaired) electrons. The van der Waals surface area contributed by atoms with Crippen LogP contribution < -0.4 is 14.8 Å². The fraction of sp³-hybridized carbons (Fsp3) is 0.500. The van der Waals surface area contributed by atoms with Crippen molar-refractivity contribution in [3.8, 4) is 11.5 Å². The maximum atomic E-state index is 12.1. The highest BCUT2D eigenvalue weighted by Gasteiger charge is 2.49. The van der Waals surface area contributed by atoms with Gasteiger partial charge in [-0.1, -0.05) is 20.8 Å². The molecule has 0 aromatic heterocycles. The number of methoxy groups -OCH3 is 1. The lowest BCUT2D eigenvalue weighted by molar-refractivity contribution is -0.142. The fourth-order valence-corrected chi connectivity index (χ4v) is 2.08. The molecule has 0 fully saturated rings. The first-order valence-electron chi connectivity index (χ1n) is 7.00. The van der Waals surface area contributed by atoms with Gasteiger partial charge in [-0.15, -0.1) is 0 Å². The van der Waals surface area contributed by atoms with Gasteiger partial charge in [0.25, 0.3) is 5.79 Å². The van der Waals surface area contributed by atoms with Gasteiger partial charge in [-0.25, -0.2) is 4.79 Å². The van der Waals surface area contributed by atoms with E-state index in [0.29, 0.717) is 11.4 Å². The van der Waals surface area contributed by atoms with Crippen LogP contribution in [0.2, 0.25) is 0 Å².